The Balaban J connectivity index is 2.61. The number of nitrogen functional groups attached to an aromatic ring is 1. The van der Waals surface area contributed by atoms with Crippen molar-refractivity contribution in [1.29, 1.82) is 0 Å². The summed E-state index contributed by atoms with van der Waals surface area (Å²) in [6, 6.07) is 5.44. The van der Waals surface area contributed by atoms with Gasteiger partial charge in [0, 0.05) is 13.2 Å². The molecule has 0 saturated heterocycles. The Morgan fingerprint density at radius 3 is 2.92 bits per heavy atom. The van der Waals surface area contributed by atoms with Crippen molar-refractivity contribution in [2.45, 2.75) is 6.42 Å². The lowest BCUT2D eigenvalue weighted by molar-refractivity contribution is 0.292. The Morgan fingerprint density at radius 1 is 1.46 bits per heavy atom. The van der Waals surface area contributed by atoms with Crippen LogP contribution in [-0.4, -0.2) is 18.3 Å². The lowest BCUT2D eigenvalue weighted by Crippen LogP contribution is -2.05. The molecular weight excluding hydrogens is 188 g/mol. The lowest BCUT2D eigenvalue weighted by Gasteiger charge is -2.08. The number of aliphatic hydroxyl groups excluding tert-OH is 1. The largest absolute Gasteiger partial charge is 0.396 e. The van der Waals surface area contributed by atoms with Crippen LogP contribution in [0.3, 0.4) is 0 Å². The number of anilines is 2. The zero-order chi connectivity index (χ0) is 9.68. The van der Waals surface area contributed by atoms with E-state index in [-0.39, 0.29) is 6.61 Å². The van der Waals surface area contributed by atoms with Crippen molar-refractivity contribution < 1.29 is 5.11 Å². The molecule has 1 aromatic rings. The molecule has 4 heteroatoms. The van der Waals surface area contributed by atoms with E-state index >= 15 is 0 Å². The number of aliphatic hydroxyl groups is 1. The van der Waals surface area contributed by atoms with Crippen LogP contribution in [0, 0.1) is 0 Å². The van der Waals surface area contributed by atoms with Crippen LogP contribution in [0.15, 0.2) is 18.2 Å². The highest BCUT2D eigenvalue weighted by atomic mass is 35.5. The first kappa shape index (κ1) is 10.2. The molecule has 0 fully saturated rings. The fourth-order valence-electron chi connectivity index (χ4n) is 0.993. The van der Waals surface area contributed by atoms with E-state index in [1.807, 2.05) is 12.1 Å². The Kier molecular flexibility index (Phi) is 3.86. The standard InChI is InChI=1S/C9H13ClN2O/c10-7-3-1-4-8(9(7)11)12-5-2-6-13/h1,3-4,12-13H,2,5-6,11H2. The third-order valence-electron chi connectivity index (χ3n) is 1.70. The monoisotopic (exact) mass is 200 g/mol. The summed E-state index contributed by atoms with van der Waals surface area (Å²) in [5.41, 5.74) is 7.09. The van der Waals surface area contributed by atoms with Crippen LogP contribution in [0.4, 0.5) is 11.4 Å². The topological polar surface area (TPSA) is 58.3 Å². The molecule has 0 amide bonds. The van der Waals surface area contributed by atoms with Gasteiger partial charge >= 0.3 is 0 Å². The van der Waals surface area contributed by atoms with E-state index in [1.165, 1.54) is 0 Å². The number of hydrogen-bond donors (Lipinski definition) is 3. The molecule has 0 aliphatic carbocycles. The van der Waals surface area contributed by atoms with Crippen LogP contribution < -0.4 is 11.1 Å². The average Bonchev–Trinajstić information content (AvgIpc) is 2.13. The minimum atomic E-state index is 0.174. The van der Waals surface area contributed by atoms with Crippen molar-refractivity contribution in [2.75, 3.05) is 24.2 Å². The molecule has 0 aliphatic rings. The molecule has 0 bridgehead atoms. The van der Waals surface area contributed by atoms with Crippen molar-refractivity contribution >= 4 is 23.0 Å². The summed E-state index contributed by atoms with van der Waals surface area (Å²) in [5, 5.41) is 12.2. The minimum absolute atomic E-state index is 0.174. The first-order valence-electron chi connectivity index (χ1n) is 4.14. The SMILES string of the molecule is Nc1c(Cl)cccc1NCCCO. The number of halogens is 1. The minimum Gasteiger partial charge on any atom is -0.396 e. The number of rotatable bonds is 4. The van der Waals surface area contributed by atoms with Crippen LogP contribution in [0.5, 0.6) is 0 Å². The van der Waals surface area contributed by atoms with Crippen LogP contribution >= 0.6 is 11.6 Å². The highest BCUT2D eigenvalue weighted by molar-refractivity contribution is 6.33. The molecule has 1 aromatic carbocycles. The first-order chi connectivity index (χ1) is 6.25. The van der Waals surface area contributed by atoms with Gasteiger partial charge in [-0.1, -0.05) is 17.7 Å². The summed E-state index contributed by atoms with van der Waals surface area (Å²) >= 11 is 5.81. The fraction of sp³-hybridized carbons (Fsp3) is 0.333. The highest BCUT2D eigenvalue weighted by Crippen LogP contribution is 2.26. The van der Waals surface area contributed by atoms with Crippen molar-refractivity contribution in [2.24, 2.45) is 0 Å². The Morgan fingerprint density at radius 2 is 2.23 bits per heavy atom. The molecule has 72 valence electrons. The van der Waals surface area contributed by atoms with Crippen molar-refractivity contribution in [3.05, 3.63) is 23.2 Å². The summed E-state index contributed by atoms with van der Waals surface area (Å²) in [5.74, 6) is 0. The second-order valence-electron chi connectivity index (χ2n) is 2.71. The second-order valence-corrected chi connectivity index (χ2v) is 3.11. The van der Waals surface area contributed by atoms with Gasteiger partial charge in [-0.3, -0.25) is 0 Å². The number of nitrogens with one attached hydrogen (secondary N) is 1. The molecule has 0 aromatic heterocycles. The molecule has 0 unspecified atom stereocenters. The van der Waals surface area contributed by atoms with E-state index in [4.69, 9.17) is 22.4 Å². The lowest BCUT2D eigenvalue weighted by atomic mass is 10.2. The molecule has 0 radical (unpaired) electrons. The highest BCUT2D eigenvalue weighted by Gasteiger charge is 2.00. The van der Waals surface area contributed by atoms with Gasteiger partial charge in [-0.05, 0) is 18.6 Å². The molecule has 1 rings (SSSR count). The van der Waals surface area contributed by atoms with E-state index in [1.54, 1.807) is 6.07 Å². The van der Waals surface area contributed by atoms with Crippen LogP contribution in [-0.2, 0) is 0 Å². The van der Waals surface area contributed by atoms with E-state index in [0.29, 0.717) is 23.7 Å². The average molecular weight is 201 g/mol. The zero-order valence-corrected chi connectivity index (χ0v) is 8.01. The maximum absolute atomic E-state index is 8.57. The third-order valence-corrected chi connectivity index (χ3v) is 2.03. The Labute approximate surface area is 82.5 Å². The van der Waals surface area contributed by atoms with Crippen LogP contribution in [0.1, 0.15) is 6.42 Å². The van der Waals surface area contributed by atoms with Gasteiger partial charge in [-0.15, -0.1) is 0 Å². The molecular formula is C9H13ClN2O. The fourth-order valence-corrected chi connectivity index (χ4v) is 1.17. The van der Waals surface area contributed by atoms with E-state index in [0.717, 1.165) is 5.69 Å². The van der Waals surface area contributed by atoms with Gasteiger partial charge in [0.25, 0.3) is 0 Å². The molecule has 13 heavy (non-hydrogen) atoms. The summed E-state index contributed by atoms with van der Waals surface area (Å²) in [6.07, 6.45) is 0.700. The quantitative estimate of drug-likeness (QED) is 0.513. The Hall–Kier alpha value is -0.930. The number of benzene rings is 1. The summed E-state index contributed by atoms with van der Waals surface area (Å²) < 4.78 is 0. The number of para-hydroxylation sites is 1. The van der Waals surface area contributed by atoms with Gasteiger partial charge in [0.1, 0.15) is 0 Å². The smallest absolute Gasteiger partial charge is 0.0739 e. The molecule has 0 aliphatic heterocycles. The summed E-state index contributed by atoms with van der Waals surface area (Å²) in [4.78, 5) is 0. The van der Waals surface area contributed by atoms with Crippen molar-refractivity contribution in [3.8, 4) is 0 Å². The normalized spacial score (nSPS) is 10.0. The van der Waals surface area contributed by atoms with Gasteiger partial charge in [0.15, 0.2) is 0 Å². The molecule has 0 spiro atoms. The van der Waals surface area contributed by atoms with Gasteiger partial charge < -0.3 is 16.2 Å². The second kappa shape index (κ2) is 4.94. The van der Waals surface area contributed by atoms with Gasteiger partial charge in [0.2, 0.25) is 0 Å². The molecule has 4 N–H and O–H groups in total. The first-order valence-corrected chi connectivity index (χ1v) is 4.52. The molecule has 0 saturated carbocycles. The predicted octanol–water partition coefficient (Wildman–Crippen LogP) is 1.72. The molecule has 0 atom stereocenters. The predicted molar refractivity (Wildman–Crippen MR) is 56.1 cm³/mol. The number of hydrogen-bond acceptors (Lipinski definition) is 3. The third kappa shape index (κ3) is 2.79. The van der Waals surface area contributed by atoms with E-state index in [2.05, 4.69) is 5.32 Å². The van der Waals surface area contributed by atoms with Crippen LogP contribution in [0.2, 0.25) is 5.02 Å². The van der Waals surface area contributed by atoms with E-state index in [9.17, 15) is 0 Å². The summed E-state index contributed by atoms with van der Waals surface area (Å²) in [7, 11) is 0. The maximum Gasteiger partial charge on any atom is 0.0739 e. The van der Waals surface area contributed by atoms with Crippen molar-refractivity contribution in [3.63, 3.8) is 0 Å². The van der Waals surface area contributed by atoms with Gasteiger partial charge in [0.05, 0.1) is 16.4 Å². The Bertz CT molecular complexity index is 278. The molecule has 0 heterocycles. The summed E-state index contributed by atoms with van der Waals surface area (Å²) in [6.45, 7) is 0.870. The zero-order valence-electron chi connectivity index (χ0n) is 7.26. The van der Waals surface area contributed by atoms with Gasteiger partial charge in [-0.2, -0.15) is 0 Å². The molecule has 3 nitrogen and oxygen atoms in total. The maximum atomic E-state index is 8.57. The van der Waals surface area contributed by atoms with Crippen molar-refractivity contribution in [1.82, 2.24) is 0 Å². The van der Waals surface area contributed by atoms with E-state index < -0.39 is 0 Å². The number of nitrogens with two attached hydrogens (primary N) is 1. The van der Waals surface area contributed by atoms with Gasteiger partial charge in [-0.25, -0.2) is 0 Å². The van der Waals surface area contributed by atoms with Crippen LogP contribution in [0.25, 0.3) is 0 Å².